The van der Waals surface area contributed by atoms with E-state index in [2.05, 4.69) is 15.1 Å². The zero-order chi connectivity index (χ0) is 13.9. The number of hydrogen-bond donors (Lipinski definition) is 0. The Kier molecular flexibility index (Phi) is 3.51. The smallest absolute Gasteiger partial charge is 0.310 e. The van der Waals surface area contributed by atoms with Crippen LogP contribution in [-0.2, 0) is 16.1 Å². The number of nitrogens with zero attached hydrogens (tertiary/aromatic N) is 3. The molecule has 1 unspecified atom stereocenters. The maximum Gasteiger partial charge on any atom is 0.310 e. The van der Waals surface area contributed by atoms with E-state index in [9.17, 15) is 4.79 Å². The van der Waals surface area contributed by atoms with Crippen LogP contribution in [0.5, 0.6) is 0 Å². The summed E-state index contributed by atoms with van der Waals surface area (Å²) in [6.07, 6.45) is 2.35. The second-order valence-electron chi connectivity index (χ2n) is 4.72. The van der Waals surface area contributed by atoms with E-state index in [-0.39, 0.29) is 11.9 Å². The van der Waals surface area contributed by atoms with E-state index in [1.807, 2.05) is 0 Å². The Morgan fingerprint density at radius 2 is 2.45 bits per heavy atom. The van der Waals surface area contributed by atoms with E-state index in [4.69, 9.17) is 13.6 Å². The highest BCUT2D eigenvalue weighted by Crippen LogP contribution is 2.22. The first-order chi connectivity index (χ1) is 9.76. The summed E-state index contributed by atoms with van der Waals surface area (Å²) in [6.45, 7) is 2.00. The second kappa shape index (κ2) is 5.46. The van der Waals surface area contributed by atoms with Crippen LogP contribution in [0.2, 0.25) is 0 Å². The van der Waals surface area contributed by atoms with Crippen LogP contribution < -0.4 is 0 Å². The van der Waals surface area contributed by atoms with Crippen molar-refractivity contribution in [3.63, 3.8) is 0 Å². The van der Waals surface area contributed by atoms with Gasteiger partial charge < -0.3 is 13.6 Å². The molecule has 20 heavy (non-hydrogen) atoms. The number of aromatic nitrogens is 2. The van der Waals surface area contributed by atoms with Crippen molar-refractivity contribution in [2.75, 3.05) is 20.2 Å². The summed E-state index contributed by atoms with van der Waals surface area (Å²) in [5.74, 6) is 1.22. The fraction of sp³-hybridized carbons (Fsp3) is 0.462. The molecule has 3 rings (SSSR count). The molecule has 1 fully saturated rings. The normalized spacial score (nSPS) is 19.4. The van der Waals surface area contributed by atoms with Gasteiger partial charge >= 0.3 is 5.97 Å². The molecule has 0 N–H and O–H groups in total. The van der Waals surface area contributed by atoms with Gasteiger partial charge in [-0.15, -0.1) is 10.2 Å². The molecular weight excluding hydrogens is 262 g/mol. The Bertz CT molecular complexity index is 578. The number of hydrogen-bond acceptors (Lipinski definition) is 7. The van der Waals surface area contributed by atoms with E-state index in [1.165, 1.54) is 7.11 Å². The minimum atomic E-state index is -0.158. The van der Waals surface area contributed by atoms with Gasteiger partial charge in [-0.3, -0.25) is 9.69 Å². The average Bonchev–Trinajstić information content (AvgIpc) is 3.19. The number of likely N-dealkylation sites (tertiary alicyclic amines) is 1. The van der Waals surface area contributed by atoms with Gasteiger partial charge in [-0.1, -0.05) is 0 Å². The van der Waals surface area contributed by atoms with Crippen molar-refractivity contribution in [2.45, 2.75) is 13.0 Å². The number of rotatable bonds is 4. The Labute approximate surface area is 115 Å². The maximum absolute atomic E-state index is 11.5. The van der Waals surface area contributed by atoms with Gasteiger partial charge in [-0.25, -0.2) is 0 Å². The summed E-state index contributed by atoms with van der Waals surface area (Å²) in [5, 5.41) is 7.93. The molecule has 7 heteroatoms. The molecule has 2 aromatic rings. The highest BCUT2D eigenvalue weighted by molar-refractivity contribution is 5.72. The molecule has 1 atom stereocenters. The van der Waals surface area contributed by atoms with E-state index in [1.54, 1.807) is 18.4 Å². The van der Waals surface area contributed by atoms with Gasteiger partial charge in [-0.2, -0.15) is 0 Å². The summed E-state index contributed by atoms with van der Waals surface area (Å²) >= 11 is 0. The van der Waals surface area contributed by atoms with Crippen molar-refractivity contribution in [2.24, 2.45) is 5.92 Å². The summed E-state index contributed by atoms with van der Waals surface area (Å²) in [4.78, 5) is 13.6. The molecule has 1 aliphatic heterocycles. The van der Waals surface area contributed by atoms with E-state index in [0.29, 0.717) is 30.6 Å². The van der Waals surface area contributed by atoms with Crippen molar-refractivity contribution in [1.82, 2.24) is 15.1 Å². The molecule has 1 aliphatic rings. The van der Waals surface area contributed by atoms with Gasteiger partial charge in [0.05, 0.1) is 25.8 Å². The zero-order valence-electron chi connectivity index (χ0n) is 11.1. The van der Waals surface area contributed by atoms with Crippen LogP contribution >= 0.6 is 0 Å². The number of furan rings is 1. The average molecular weight is 277 g/mol. The van der Waals surface area contributed by atoms with E-state index >= 15 is 0 Å². The molecular formula is C13H15N3O4. The first kappa shape index (κ1) is 12.9. The number of methoxy groups -OCH3 is 1. The molecule has 0 spiro atoms. The quantitative estimate of drug-likeness (QED) is 0.779. The van der Waals surface area contributed by atoms with Gasteiger partial charge in [-0.05, 0) is 25.1 Å². The highest BCUT2D eigenvalue weighted by Gasteiger charge is 2.29. The monoisotopic (exact) mass is 277 g/mol. The van der Waals surface area contributed by atoms with Gasteiger partial charge in [0.1, 0.15) is 0 Å². The fourth-order valence-corrected chi connectivity index (χ4v) is 2.34. The van der Waals surface area contributed by atoms with Gasteiger partial charge in [0.15, 0.2) is 5.76 Å². The molecule has 7 nitrogen and oxygen atoms in total. The molecule has 3 heterocycles. The fourth-order valence-electron chi connectivity index (χ4n) is 2.34. The second-order valence-corrected chi connectivity index (χ2v) is 4.72. The molecule has 106 valence electrons. The Hall–Kier alpha value is -2.15. The first-order valence-electron chi connectivity index (χ1n) is 6.42. The molecule has 1 saturated heterocycles. The lowest BCUT2D eigenvalue weighted by molar-refractivity contribution is -0.144. The molecule has 0 aromatic carbocycles. The molecule has 0 aliphatic carbocycles. The molecule has 0 bridgehead atoms. The third-order valence-electron chi connectivity index (χ3n) is 3.36. The topological polar surface area (TPSA) is 81.6 Å². The minimum Gasteiger partial charge on any atom is -0.469 e. The molecule has 0 saturated carbocycles. The van der Waals surface area contributed by atoms with Gasteiger partial charge in [0.25, 0.3) is 5.89 Å². The summed E-state index contributed by atoms with van der Waals surface area (Å²) in [7, 11) is 1.42. The van der Waals surface area contributed by atoms with Crippen molar-refractivity contribution >= 4 is 5.97 Å². The SMILES string of the molecule is COC(=O)C1CCN(Cc2nnc(-c3ccco3)o2)C1. The highest BCUT2D eigenvalue weighted by atomic mass is 16.5. The lowest BCUT2D eigenvalue weighted by atomic mass is 10.1. The van der Waals surface area contributed by atoms with Crippen LogP contribution in [0.15, 0.2) is 27.2 Å². The van der Waals surface area contributed by atoms with Crippen LogP contribution in [0.4, 0.5) is 0 Å². The number of carbonyl (C=O) groups is 1. The van der Waals surface area contributed by atoms with Crippen LogP contribution in [0.25, 0.3) is 11.7 Å². The van der Waals surface area contributed by atoms with Gasteiger partial charge in [0.2, 0.25) is 5.89 Å². The number of esters is 1. The van der Waals surface area contributed by atoms with Crippen LogP contribution in [0.3, 0.4) is 0 Å². The minimum absolute atomic E-state index is 0.0625. The Morgan fingerprint density at radius 3 is 3.20 bits per heavy atom. The lowest BCUT2D eigenvalue weighted by Gasteiger charge is -2.12. The Balaban J connectivity index is 1.61. The third kappa shape index (κ3) is 2.57. The van der Waals surface area contributed by atoms with E-state index in [0.717, 1.165) is 13.0 Å². The summed E-state index contributed by atoms with van der Waals surface area (Å²) < 4.78 is 15.5. The molecule has 0 radical (unpaired) electrons. The van der Waals surface area contributed by atoms with Crippen molar-refractivity contribution in [3.8, 4) is 11.7 Å². The van der Waals surface area contributed by atoms with Crippen LogP contribution in [0.1, 0.15) is 12.3 Å². The lowest BCUT2D eigenvalue weighted by Crippen LogP contribution is -2.23. The largest absolute Gasteiger partial charge is 0.469 e. The zero-order valence-corrected chi connectivity index (χ0v) is 11.1. The summed E-state index contributed by atoms with van der Waals surface area (Å²) in [6, 6.07) is 3.53. The standard InChI is InChI=1S/C13H15N3O4/c1-18-13(17)9-4-5-16(7-9)8-11-14-15-12(20-11)10-3-2-6-19-10/h2-3,6,9H,4-5,7-8H2,1H3. The summed E-state index contributed by atoms with van der Waals surface area (Å²) in [5.41, 5.74) is 0. The third-order valence-corrected chi connectivity index (χ3v) is 3.36. The van der Waals surface area contributed by atoms with Gasteiger partial charge in [0, 0.05) is 6.54 Å². The van der Waals surface area contributed by atoms with Crippen LogP contribution in [0, 0.1) is 5.92 Å². The first-order valence-corrected chi connectivity index (χ1v) is 6.42. The number of ether oxygens (including phenoxy) is 1. The molecule has 2 aromatic heterocycles. The predicted molar refractivity (Wildman–Crippen MR) is 67.4 cm³/mol. The number of carbonyl (C=O) groups excluding carboxylic acids is 1. The predicted octanol–water partition coefficient (Wildman–Crippen LogP) is 1.32. The maximum atomic E-state index is 11.5. The van der Waals surface area contributed by atoms with Crippen molar-refractivity contribution < 1.29 is 18.4 Å². The van der Waals surface area contributed by atoms with Crippen molar-refractivity contribution in [3.05, 3.63) is 24.3 Å². The van der Waals surface area contributed by atoms with E-state index < -0.39 is 0 Å². The van der Waals surface area contributed by atoms with Crippen LogP contribution in [-0.4, -0.2) is 41.3 Å². The molecule has 0 amide bonds. The Morgan fingerprint density at radius 1 is 1.55 bits per heavy atom. The van der Waals surface area contributed by atoms with Crippen molar-refractivity contribution in [1.29, 1.82) is 0 Å².